The van der Waals surface area contributed by atoms with Crippen LogP contribution >= 0.6 is 0 Å². The van der Waals surface area contributed by atoms with Gasteiger partial charge in [0.25, 0.3) is 0 Å². The number of hydrogen-bond acceptors (Lipinski definition) is 1. The molecule has 0 unspecified atom stereocenters. The molecule has 0 spiro atoms. The molecule has 88 valence electrons. The Bertz CT molecular complexity index is 483. The van der Waals surface area contributed by atoms with Crippen molar-refractivity contribution in [2.45, 2.75) is 20.4 Å². The van der Waals surface area contributed by atoms with Crippen molar-refractivity contribution in [1.29, 1.82) is 0 Å². The molecule has 2 heteroatoms. The zero-order valence-corrected chi connectivity index (χ0v) is 10.1. The zero-order chi connectivity index (χ0) is 12.3. The number of para-hydroxylation sites is 1. The third kappa shape index (κ3) is 2.84. The fraction of sp³-hybridized carbons (Fsp3) is 0.200. The Morgan fingerprint density at radius 1 is 1.00 bits per heavy atom. The second-order valence-corrected chi connectivity index (χ2v) is 4.27. The Labute approximate surface area is 101 Å². The van der Waals surface area contributed by atoms with Crippen LogP contribution < -0.4 is 5.32 Å². The quantitative estimate of drug-likeness (QED) is 0.837. The highest BCUT2D eigenvalue weighted by molar-refractivity contribution is 5.52. The normalized spacial score (nSPS) is 10.3. The molecule has 0 fully saturated rings. The van der Waals surface area contributed by atoms with Gasteiger partial charge in [-0.3, -0.25) is 0 Å². The Balaban J connectivity index is 2.10. The van der Waals surface area contributed by atoms with Gasteiger partial charge in [0, 0.05) is 6.54 Å². The van der Waals surface area contributed by atoms with Crippen molar-refractivity contribution in [3.63, 3.8) is 0 Å². The molecule has 0 aliphatic rings. The fourth-order valence-electron chi connectivity index (χ4n) is 1.75. The highest BCUT2D eigenvalue weighted by atomic mass is 19.1. The average Bonchev–Trinajstić information content (AvgIpc) is 2.31. The van der Waals surface area contributed by atoms with Gasteiger partial charge in [0.1, 0.15) is 5.82 Å². The second-order valence-electron chi connectivity index (χ2n) is 4.27. The standard InChI is InChI=1S/C15H16FN/c1-11-6-8-13(9-7-11)10-17-15-12(2)4-3-5-14(15)16/h3-9,17H,10H2,1-2H3. The molecule has 0 heterocycles. The van der Waals surface area contributed by atoms with Gasteiger partial charge in [0.05, 0.1) is 5.69 Å². The molecule has 2 aromatic rings. The summed E-state index contributed by atoms with van der Waals surface area (Å²) in [6.07, 6.45) is 0. The van der Waals surface area contributed by atoms with E-state index in [0.29, 0.717) is 12.2 Å². The van der Waals surface area contributed by atoms with Gasteiger partial charge >= 0.3 is 0 Å². The Morgan fingerprint density at radius 3 is 2.35 bits per heavy atom. The van der Waals surface area contributed by atoms with Crippen LogP contribution in [-0.2, 0) is 6.54 Å². The maximum absolute atomic E-state index is 13.6. The summed E-state index contributed by atoms with van der Waals surface area (Å²) in [5.41, 5.74) is 3.90. The first-order valence-corrected chi connectivity index (χ1v) is 5.71. The minimum atomic E-state index is -0.197. The summed E-state index contributed by atoms with van der Waals surface area (Å²) in [5.74, 6) is -0.197. The molecular formula is C15H16FN. The van der Waals surface area contributed by atoms with Crippen molar-refractivity contribution < 1.29 is 4.39 Å². The van der Waals surface area contributed by atoms with E-state index in [1.807, 2.05) is 13.0 Å². The summed E-state index contributed by atoms with van der Waals surface area (Å²) in [6, 6.07) is 13.3. The summed E-state index contributed by atoms with van der Waals surface area (Å²) >= 11 is 0. The van der Waals surface area contributed by atoms with Crippen molar-refractivity contribution in [1.82, 2.24) is 0 Å². The highest BCUT2D eigenvalue weighted by Gasteiger charge is 2.03. The molecule has 0 atom stereocenters. The molecule has 0 bridgehead atoms. The number of rotatable bonds is 3. The topological polar surface area (TPSA) is 12.0 Å². The minimum absolute atomic E-state index is 0.197. The number of benzene rings is 2. The SMILES string of the molecule is Cc1ccc(CNc2c(C)cccc2F)cc1. The van der Waals surface area contributed by atoms with E-state index in [-0.39, 0.29) is 5.82 Å². The highest BCUT2D eigenvalue weighted by Crippen LogP contribution is 2.19. The van der Waals surface area contributed by atoms with Crippen molar-refractivity contribution in [2.24, 2.45) is 0 Å². The van der Waals surface area contributed by atoms with Gasteiger partial charge in [-0.05, 0) is 31.0 Å². The predicted molar refractivity (Wildman–Crippen MR) is 69.6 cm³/mol. The smallest absolute Gasteiger partial charge is 0.146 e. The summed E-state index contributed by atoms with van der Waals surface area (Å²) in [6.45, 7) is 4.60. The van der Waals surface area contributed by atoms with Crippen molar-refractivity contribution in [2.75, 3.05) is 5.32 Å². The fourth-order valence-corrected chi connectivity index (χ4v) is 1.75. The molecule has 2 aromatic carbocycles. The lowest BCUT2D eigenvalue weighted by molar-refractivity contribution is 0.629. The maximum atomic E-state index is 13.6. The molecule has 0 amide bonds. The van der Waals surface area contributed by atoms with Crippen molar-refractivity contribution in [3.05, 3.63) is 65.0 Å². The lowest BCUT2D eigenvalue weighted by Crippen LogP contribution is -2.03. The summed E-state index contributed by atoms with van der Waals surface area (Å²) in [4.78, 5) is 0. The molecule has 0 saturated heterocycles. The van der Waals surface area contributed by atoms with Crippen LogP contribution in [0.25, 0.3) is 0 Å². The van der Waals surface area contributed by atoms with Gasteiger partial charge in [-0.1, -0.05) is 42.0 Å². The zero-order valence-electron chi connectivity index (χ0n) is 10.1. The lowest BCUT2D eigenvalue weighted by Gasteiger charge is -2.10. The average molecular weight is 229 g/mol. The third-order valence-corrected chi connectivity index (χ3v) is 2.81. The molecule has 17 heavy (non-hydrogen) atoms. The molecule has 0 aromatic heterocycles. The van der Waals surface area contributed by atoms with E-state index in [0.717, 1.165) is 11.1 Å². The maximum Gasteiger partial charge on any atom is 0.146 e. The summed E-state index contributed by atoms with van der Waals surface area (Å²) < 4.78 is 13.6. The first-order chi connectivity index (χ1) is 8.16. The van der Waals surface area contributed by atoms with Crippen molar-refractivity contribution >= 4 is 5.69 Å². The molecule has 1 nitrogen and oxygen atoms in total. The van der Waals surface area contributed by atoms with Crippen LogP contribution in [0.1, 0.15) is 16.7 Å². The van der Waals surface area contributed by atoms with E-state index in [2.05, 4.69) is 36.5 Å². The predicted octanol–water partition coefficient (Wildman–Crippen LogP) is 4.05. The molecule has 1 N–H and O–H groups in total. The van der Waals surface area contributed by atoms with E-state index < -0.39 is 0 Å². The molecule has 0 aliphatic heterocycles. The largest absolute Gasteiger partial charge is 0.378 e. The third-order valence-electron chi connectivity index (χ3n) is 2.81. The Kier molecular flexibility index (Phi) is 3.43. The van der Waals surface area contributed by atoms with Crippen LogP contribution in [0.5, 0.6) is 0 Å². The number of hydrogen-bond donors (Lipinski definition) is 1. The van der Waals surface area contributed by atoms with E-state index in [4.69, 9.17) is 0 Å². The van der Waals surface area contributed by atoms with Crippen LogP contribution in [0.3, 0.4) is 0 Å². The van der Waals surface area contributed by atoms with Crippen LogP contribution in [0.15, 0.2) is 42.5 Å². The number of halogens is 1. The van der Waals surface area contributed by atoms with Crippen LogP contribution in [0.2, 0.25) is 0 Å². The molecule has 0 saturated carbocycles. The molecule has 2 rings (SSSR count). The molecular weight excluding hydrogens is 213 g/mol. The summed E-state index contributed by atoms with van der Waals surface area (Å²) in [7, 11) is 0. The van der Waals surface area contributed by atoms with Gasteiger partial charge in [0.2, 0.25) is 0 Å². The first kappa shape index (κ1) is 11.6. The van der Waals surface area contributed by atoms with Gasteiger partial charge < -0.3 is 5.32 Å². The van der Waals surface area contributed by atoms with E-state index in [1.54, 1.807) is 6.07 Å². The molecule has 0 aliphatic carbocycles. The van der Waals surface area contributed by atoms with E-state index >= 15 is 0 Å². The van der Waals surface area contributed by atoms with Crippen LogP contribution in [0, 0.1) is 19.7 Å². The first-order valence-electron chi connectivity index (χ1n) is 5.71. The lowest BCUT2D eigenvalue weighted by atomic mass is 10.1. The number of anilines is 1. The minimum Gasteiger partial charge on any atom is -0.378 e. The van der Waals surface area contributed by atoms with E-state index in [1.165, 1.54) is 11.6 Å². The van der Waals surface area contributed by atoms with Crippen LogP contribution in [0.4, 0.5) is 10.1 Å². The van der Waals surface area contributed by atoms with E-state index in [9.17, 15) is 4.39 Å². The molecule has 0 radical (unpaired) electrons. The Hall–Kier alpha value is -1.83. The number of nitrogens with one attached hydrogen (secondary N) is 1. The number of aryl methyl sites for hydroxylation is 2. The van der Waals surface area contributed by atoms with Gasteiger partial charge in [0.15, 0.2) is 0 Å². The van der Waals surface area contributed by atoms with Gasteiger partial charge in [-0.15, -0.1) is 0 Å². The van der Waals surface area contributed by atoms with Gasteiger partial charge in [-0.2, -0.15) is 0 Å². The second kappa shape index (κ2) is 5.00. The van der Waals surface area contributed by atoms with Crippen LogP contribution in [-0.4, -0.2) is 0 Å². The monoisotopic (exact) mass is 229 g/mol. The Morgan fingerprint density at radius 2 is 1.71 bits per heavy atom. The van der Waals surface area contributed by atoms with Crippen molar-refractivity contribution in [3.8, 4) is 0 Å². The summed E-state index contributed by atoms with van der Waals surface area (Å²) in [5, 5.41) is 3.14. The van der Waals surface area contributed by atoms with Gasteiger partial charge in [-0.25, -0.2) is 4.39 Å².